The van der Waals surface area contributed by atoms with Crippen molar-refractivity contribution in [2.45, 2.75) is 33.2 Å². The third-order valence-electron chi connectivity index (χ3n) is 4.08. The lowest BCUT2D eigenvalue weighted by Crippen LogP contribution is -2.34. The molecule has 1 heterocycles. The Morgan fingerprint density at radius 2 is 1.89 bits per heavy atom. The van der Waals surface area contributed by atoms with Crippen molar-refractivity contribution in [3.8, 4) is 5.75 Å². The maximum Gasteiger partial charge on any atom is 0.138 e. The summed E-state index contributed by atoms with van der Waals surface area (Å²) in [5, 5.41) is 10.9. The van der Waals surface area contributed by atoms with Crippen LogP contribution in [0.1, 0.15) is 32.3 Å². The summed E-state index contributed by atoms with van der Waals surface area (Å²) < 4.78 is 0. The molecular formula is C15H21Cl2NO. The largest absolute Gasteiger partial charge is 0.506 e. The van der Waals surface area contributed by atoms with E-state index in [4.69, 9.17) is 23.2 Å². The Morgan fingerprint density at radius 3 is 2.47 bits per heavy atom. The Hall–Kier alpha value is -0.440. The van der Waals surface area contributed by atoms with Crippen molar-refractivity contribution < 1.29 is 5.11 Å². The van der Waals surface area contributed by atoms with Gasteiger partial charge in [0.05, 0.1) is 5.02 Å². The third-order valence-corrected chi connectivity index (χ3v) is 4.58. The highest BCUT2D eigenvalue weighted by atomic mass is 35.5. The summed E-state index contributed by atoms with van der Waals surface area (Å²) in [7, 11) is 0. The van der Waals surface area contributed by atoms with E-state index in [0.29, 0.717) is 10.0 Å². The van der Waals surface area contributed by atoms with E-state index in [1.807, 2.05) is 0 Å². The molecule has 2 nitrogen and oxygen atoms in total. The monoisotopic (exact) mass is 301 g/mol. The normalized spacial score (nSPS) is 18.2. The van der Waals surface area contributed by atoms with E-state index in [2.05, 4.69) is 18.7 Å². The molecule has 106 valence electrons. The predicted octanol–water partition coefficient (Wildman–Crippen LogP) is 4.57. The molecule has 0 amide bonds. The molecule has 1 aromatic rings. The highest BCUT2D eigenvalue weighted by molar-refractivity contribution is 6.35. The van der Waals surface area contributed by atoms with E-state index in [1.165, 1.54) is 12.8 Å². The maximum atomic E-state index is 9.98. The van der Waals surface area contributed by atoms with Gasteiger partial charge in [-0.25, -0.2) is 0 Å². The van der Waals surface area contributed by atoms with Gasteiger partial charge in [0.2, 0.25) is 0 Å². The third kappa shape index (κ3) is 3.77. The van der Waals surface area contributed by atoms with Gasteiger partial charge in [-0.1, -0.05) is 37.0 Å². The number of benzene rings is 1. The topological polar surface area (TPSA) is 23.5 Å². The van der Waals surface area contributed by atoms with Crippen LogP contribution in [0.3, 0.4) is 0 Å². The Morgan fingerprint density at radius 1 is 1.26 bits per heavy atom. The minimum Gasteiger partial charge on any atom is -0.506 e. The quantitative estimate of drug-likeness (QED) is 0.884. The van der Waals surface area contributed by atoms with Crippen LogP contribution in [-0.2, 0) is 6.54 Å². The van der Waals surface area contributed by atoms with Crippen molar-refractivity contribution in [3.05, 3.63) is 27.7 Å². The minimum atomic E-state index is 0.164. The second-order valence-electron chi connectivity index (χ2n) is 5.75. The minimum absolute atomic E-state index is 0.164. The van der Waals surface area contributed by atoms with Gasteiger partial charge in [-0.2, -0.15) is 0 Å². The summed E-state index contributed by atoms with van der Waals surface area (Å²) in [4.78, 5) is 2.36. The van der Waals surface area contributed by atoms with Crippen LogP contribution in [-0.4, -0.2) is 23.1 Å². The summed E-state index contributed by atoms with van der Waals surface area (Å²) in [6.45, 7) is 7.46. The summed E-state index contributed by atoms with van der Waals surface area (Å²) in [6, 6.07) is 3.38. The van der Waals surface area contributed by atoms with Gasteiger partial charge < -0.3 is 5.11 Å². The van der Waals surface area contributed by atoms with Gasteiger partial charge in [0, 0.05) is 17.1 Å². The van der Waals surface area contributed by atoms with Crippen molar-refractivity contribution >= 4 is 23.2 Å². The first kappa shape index (κ1) is 15.0. The Bertz CT molecular complexity index is 440. The first-order chi connectivity index (χ1) is 8.97. The second-order valence-corrected chi connectivity index (χ2v) is 6.60. The van der Waals surface area contributed by atoms with Crippen LogP contribution in [0.25, 0.3) is 0 Å². The number of phenols is 1. The lowest BCUT2D eigenvalue weighted by atomic mass is 9.86. The van der Waals surface area contributed by atoms with Crippen molar-refractivity contribution in [1.82, 2.24) is 4.90 Å². The molecule has 0 saturated carbocycles. The van der Waals surface area contributed by atoms with Gasteiger partial charge in [-0.05, 0) is 49.9 Å². The number of hydrogen-bond donors (Lipinski definition) is 1. The number of piperidine rings is 1. The summed E-state index contributed by atoms with van der Waals surface area (Å²) in [6.07, 6.45) is 2.46. The van der Waals surface area contributed by atoms with Gasteiger partial charge in [-0.15, -0.1) is 0 Å². The van der Waals surface area contributed by atoms with Crippen molar-refractivity contribution in [2.75, 3.05) is 13.1 Å². The van der Waals surface area contributed by atoms with Crippen LogP contribution >= 0.6 is 23.2 Å². The molecule has 1 aromatic carbocycles. The first-order valence-electron chi connectivity index (χ1n) is 6.86. The Kier molecular flexibility index (Phi) is 4.99. The highest BCUT2D eigenvalue weighted by Gasteiger charge is 2.22. The summed E-state index contributed by atoms with van der Waals surface area (Å²) >= 11 is 11.9. The molecule has 4 heteroatoms. The molecule has 2 rings (SSSR count). The molecule has 1 aliphatic rings. The van der Waals surface area contributed by atoms with E-state index in [-0.39, 0.29) is 5.75 Å². The molecule has 0 radical (unpaired) electrons. The standard InChI is InChI=1S/C15H21Cl2NO/c1-10(2)11-3-5-18(6-4-11)9-12-7-13(16)8-14(17)15(12)19/h7-8,10-11,19H,3-6,9H2,1-2H3. The van der Waals surface area contributed by atoms with E-state index in [1.54, 1.807) is 12.1 Å². The van der Waals surface area contributed by atoms with Gasteiger partial charge >= 0.3 is 0 Å². The van der Waals surface area contributed by atoms with Gasteiger partial charge in [0.15, 0.2) is 0 Å². The molecule has 0 bridgehead atoms. The van der Waals surface area contributed by atoms with Crippen molar-refractivity contribution in [3.63, 3.8) is 0 Å². The highest BCUT2D eigenvalue weighted by Crippen LogP contribution is 2.33. The van der Waals surface area contributed by atoms with Crippen molar-refractivity contribution in [1.29, 1.82) is 0 Å². The number of likely N-dealkylation sites (tertiary alicyclic amines) is 1. The number of halogens is 2. The molecule has 0 spiro atoms. The molecule has 0 aliphatic carbocycles. The number of phenolic OH excluding ortho intramolecular Hbond substituents is 1. The summed E-state index contributed by atoms with van der Waals surface area (Å²) in [5.74, 6) is 1.75. The smallest absolute Gasteiger partial charge is 0.138 e. The van der Waals surface area contributed by atoms with Crippen LogP contribution in [0.5, 0.6) is 5.75 Å². The first-order valence-corrected chi connectivity index (χ1v) is 7.62. The molecule has 1 saturated heterocycles. The van der Waals surface area contributed by atoms with Crippen LogP contribution in [0.4, 0.5) is 0 Å². The van der Waals surface area contributed by atoms with Crippen molar-refractivity contribution in [2.24, 2.45) is 11.8 Å². The fourth-order valence-electron chi connectivity index (χ4n) is 2.76. The van der Waals surface area contributed by atoms with Crippen LogP contribution < -0.4 is 0 Å². The van der Waals surface area contributed by atoms with Crippen LogP contribution in [0.15, 0.2) is 12.1 Å². The molecule has 0 unspecified atom stereocenters. The zero-order valence-electron chi connectivity index (χ0n) is 11.5. The fraction of sp³-hybridized carbons (Fsp3) is 0.600. The lowest BCUT2D eigenvalue weighted by Gasteiger charge is -2.34. The average Bonchev–Trinajstić information content (AvgIpc) is 2.36. The van der Waals surface area contributed by atoms with E-state index >= 15 is 0 Å². The van der Waals surface area contributed by atoms with E-state index < -0.39 is 0 Å². The molecule has 0 aromatic heterocycles. The number of nitrogens with zero attached hydrogens (tertiary/aromatic N) is 1. The SMILES string of the molecule is CC(C)C1CCN(Cc2cc(Cl)cc(Cl)c2O)CC1. The van der Waals surface area contributed by atoms with Crippen LogP contribution in [0, 0.1) is 11.8 Å². The number of aromatic hydroxyl groups is 1. The fourth-order valence-corrected chi connectivity index (χ4v) is 3.29. The Labute approximate surface area is 125 Å². The molecule has 1 aliphatic heterocycles. The molecule has 1 fully saturated rings. The zero-order valence-corrected chi connectivity index (χ0v) is 13.0. The molecule has 19 heavy (non-hydrogen) atoms. The van der Waals surface area contributed by atoms with Gasteiger partial charge in [-0.3, -0.25) is 4.90 Å². The Balaban J connectivity index is 2.00. The number of hydrogen-bond acceptors (Lipinski definition) is 2. The maximum absolute atomic E-state index is 9.98. The lowest BCUT2D eigenvalue weighted by molar-refractivity contribution is 0.151. The zero-order chi connectivity index (χ0) is 14.0. The van der Waals surface area contributed by atoms with E-state index in [0.717, 1.165) is 37.0 Å². The molecular weight excluding hydrogens is 281 g/mol. The van der Waals surface area contributed by atoms with Gasteiger partial charge in [0.1, 0.15) is 5.75 Å². The van der Waals surface area contributed by atoms with E-state index in [9.17, 15) is 5.11 Å². The second kappa shape index (κ2) is 6.34. The molecule has 1 N–H and O–H groups in total. The van der Waals surface area contributed by atoms with Gasteiger partial charge in [0.25, 0.3) is 0 Å². The number of rotatable bonds is 3. The summed E-state index contributed by atoms with van der Waals surface area (Å²) in [5.41, 5.74) is 0.820. The predicted molar refractivity (Wildman–Crippen MR) is 81.0 cm³/mol. The van der Waals surface area contributed by atoms with Crippen LogP contribution in [0.2, 0.25) is 10.0 Å². The average molecular weight is 302 g/mol. The molecule has 0 atom stereocenters.